The zero-order chi connectivity index (χ0) is 24.9. The highest BCUT2D eigenvalue weighted by Crippen LogP contribution is 2.34. The van der Waals surface area contributed by atoms with Crippen LogP contribution < -0.4 is 19.7 Å². The highest BCUT2D eigenvalue weighted by Gasteiger charge is 2.33. The molecule has 1 N–H and O–H groups in total. The van der Waals surface area contributed by atoms with Gasteiger partial charge in [0.2, 0.25) is 5.91 Å². The molecule has 0 unspecified atom stereocenters. The number of hydrogen-bond acceptors (Lipinski definition) is 5. The number of fused-ring (bicyclic) bond motifs is 1. The number of amides is 2. The van der Waals surface area contributed by atoms with Crippen LogP contribution in [0.25, 0.3) is 0 Å². The summed E-state index contributed by atoms with van der Waals surface area (Å²) in [4.78, 5) is 39.6. The van der Waals surface area contributed by atoms with Gasteiger partial charge < -0.3 is 14.8 Å². The Labute approximate surface area is 206 Å². The van der Waals surface area contributed by atoms with E-state index in [4.69, 9.17) is 21.1 Å². The largest absolute Gasteiger partial charge is 0.484 e. The molecule has 0 aliphatic carbocycles. The Hall–Kier alpha value is -3.91. The van der Waals surface area contributed by atoms with E-state index >= 15 is 0 Å². The van der Waals surface area contributed by atoms with E-state index < -0.39 is 17.9 Å². The minimum atomic E-state index is -0.879. The van der Waals surface area contributed by atoms with Crippen molar-refractivity contribution in [1.82, 2.24) is 5.32 Å². The topological polar surface area (TPSA) is 84.9 Å². The lowest BCUT2D eigenvalue weighted by Gasteiger charge is -2.33. The van der Waals surface area contributed by atoms with Crippen LogP contribution in [0.1, 0.15) is 22.8 Å². The summed E-state index contributed by atoms with van der Waals surface area (Å²) in [6, 6.07) is 16.3. The van der Waals surface area contributed by atoms with E-state index in [0.717, 1.165) is 0 Å². The number of halogens is 2. The average Bonchev–Trinajstić information content (AvgIpc) is 2.86. The van der Waals surface area contributed by atoms with E-state index in [2.05, 4.69) is 5.32 Å². The van der Waals surface area contributed by atoms with Gasteiger partial charge in [-0.2, -0.15) is 0 Å². The maximum atomic E-state index is 13.1. The van der Waals surface area contributed by atoms with Gasteiger partial charge >= 0.3 is 0 Å². The SMILES string of the molecule is C[C@@H](C(=O)NCc1ccc(F)cc1)N1C(=O)COc2ccc(C(=O)COc3ccccc3Cl)cc21. The highest BCUT2D eigenvalue weighted by atomic mass is 35.5. The van der Waals surface area contributed by atoms with Gasteiger partial charge in [-0.3, -0.25) is 19.3 Å². The molecule has 1 atom stereocenters. The van der Waals surface area contributed by atoms with E-state index in [9.17, 15) is 18.8 Å². The molecule has 2 amide bonds. The molecule has 0 saturated heterocycles. The lowest BCUT2D eigenvalue weighted by molar-refractivity contribution is -0.127. The van der Waals surface area contributed by atoms with Crippen LogP contribution in [0.4, 0.5) is 10.1 Å². The molecule has 9 heteroatoms. The molecule has 1 aliphatic heterocycles. The van der Waals surface area contributed by atoms with Crippen molar-refractivity contribution in [2.24, 2.45) is 0 Å². The summed E-state index contributed by atoms with van der Waals surface area (Å²) in [7, 11) is 0. The summed E-state index contributed by atoms with van der Waals surface area (Å²) in [5.74, 6) is -0.766. The van der Waals surface area contributed by atoms with Gasteiger partial charge in [0.15, 0.2) is 19.0 Å². The smallest absolute Gasteiger partial charge is 0.265 e. The predicted octanol–water partition coefficient (Wildman–Crippen LogP) is 4.17. The molecule has 0 saturated carbocycles. The molecule has 35 heavy (non-hydrogen) atoms. The van der Waals surface area contributed by atoms with Crippen LogP contribution in [0.3, 0.4) is 0 Å². The Balaban J connectivity index is 1.48. The first-order chi connectivity index (χ1) is 16.8. The molecule has 0 bridgehead atoms. The lowest BCUT2D eigenvalue weighted by Crippen LogP contribution is -2.51. The zero-order valence-corrected chi connectivity index (χ0v) is 19.5. The van der Waals surface area contributed by atoms with Gasteiger partial charge in [-0.25, -0.2) is 4.39 Å². The number of hydrogen-bond donors (Lipinski definition) is 1. The van der Waals surface area contributed by atoms with Crippen LogP contribution in [0.2, 0.25) is 5.02 Å². The summed E-state index contributed by atoms with van der Waals surface area (Å²) in [5.41, 5.74) is 1.32. The lowest BCUT2D eigenvalue weighted by atomic mass is 10.1. The van der Waals surface area contributed by atoms with Gasteiger partial charge in [-0.15, -0.1) is 0 Å². The molecule has 3 aromatic carbocycles. The van der Waals surface area contributed by atoms with Crippen LogP contribution in [0.5, 0.6) is 11.5 Å². The Bertz CT molecular complexity index is 1260. The van der Waals surface area contributed by atoms with Crippen molar-refractivity contribution in [3.63, 3.8) is 0 Å². The minimum absolute atomic E-state index is 0.173. The summed E-state index contributed by atoms with van der Waals surface area (Å²) < 4.78 is 24.1. The first kappa shape index (κ1) is 24.2. The van der Waals surface area contributed by atoms with Crippen molar-refractivity contribution in [2.45, 2.75) is 19.5 Å². The average molecular weight is 497 g/mol. The van der Waals surface area contributed by atoms with Crippen LogP contribution in [0, 0.1) is 5.82 Å². The number of ether oxygens (including phenoxy) is 2. The Morgan fingerprint density at radius 2 is 1.89 bits per heavy atom. The van der Waals surface area contributed by atoms with Crippen LogP contribution in [-0.2, 0) is 16.1 Å². The van der Waals surface area contributed by atoms with E-state index in [-0.39, 0.29) is 36.9 Å². The molecule has 1 heterocycles. The van der Waals surface area contributed by atoms with Crippen molar-refractivity contribution in [1.29, 1.82) is 0 Å². The molecule has 180 valence electrons. The van der Waals surface area contributed by atoms with Crippen LogP contribution >= 0.6 is 11.6 Å². The van der Waals surface area contributed by atoms with Gasteiger partial charge in [0, 0.05) is 12.1 Å². The summed E-state index contributed by atoms with van der Waals surface area (Å²) in [5, 5.41) is 3.14. The number of anilines is 1. The number of ketones is 1. The minimum Gasteiger partial charge on any atom is -0.484 e. The number of carbonyl (C=O) groups excluding carboxylic acids is 3. The molecular weight excluding hydrogens is 475 g/mol. The van der Waals surface area contributed by atoms with E-state index in [1.165, 1.54) is 23.1 Å². The monoisotopic (exact) mass is 496 g/mol. The molecule has 7 nitrogen and oxygen atoms in total. The van der Waals surface area contributed by atoms with Gasteiger partial charge in [-0.1, -0.05) is 35.9 Å². The summed E-state index contributed by atoms with van der Waals surface area (Å²) in [6.45, 7) is 1.27. The van der Waals surface area contributed by atoms with E-state index in [0.29, 0.717) is 27.8 Å². The second kappa shape index (κ2) is 10.6. The summed E-state index contributed by atoms with van der Waals surface area (Å²) in [6.07, 6.45) is 0. The fourth-order valence-electron chi connectivity index (χ4n) is 3.61. The maximum absolute atomic E-state index is 13.1. The number of benzene rings is 3. The van der Waals surface area contributed by atoms with Gasteiger partial charge in [0.25, 0.3) is 5.91 Å². The van der Waals surface area contributed by atoms with E-state index in [1.807, 2.05) is 0 Å². The molecule has 0 aromatic heterocycles. The molecule has 4 rings (SSSR count). The molecule has 3 aromatic rings. The first-order valence-corrected chi connectivity index (χ1v) is 11.2. The summed E-state index contributed by atoms with van der Waals surface area (Å²) >= 11 is 6.07. The third-order valence-electron chi connectivity index (χ3n) is 5.50. The third-order valence-corrected chi connectivity index (χ3v) is 5.81. The molecular formula is C26H22ClFN2O5. The quantitative estimate of drug-likeness (QED) is 0.473. The number of carbonyl (C=O) groups is 3. The van der Waals surface area contributed by atoms with Crippen molar-refractivity contribution in [3.8, 4) is 11.5 Å². The van der Waals surface area contributed by atoms with Crippen LogP contribution in [0.15, 0.2) is 66.7 Å². The number of nitrogens with one attached hydrogen (secondary N) is 1. The standard InChI is InChI=1S/C26H22ClFN2O5/c1-16(26(33)29-13-17-6-9-19(28)10-7-17)30-21-12-18(8-11-24(21)35-15-25(30)32)22(31)14-34-23-5-3-2-4-20(23)27/h2-12,16H,13-15H2,1H3,(H,29,33)/t16-/m0/s1. The van der Waals surface area contributed by atoms with Crippen molar-refractivity contribution < 1.29 is 28.2 Å². The first-order valence-electron chi connectivity index (χ1n) is 10.8. The second-order valence-corrected chi connectivity index (χ2v) is 8.30. The second-order valence-electron chi connectivity index (χ2n) is 7.90. The van der Waals surface area contributed by atoms with Crippen LogP contribution in [-0.4, -0.2) is 36.9 Å². The third kappa shape index (κ3) is 5.60. The predicted molar refractivity (Wildman–Crippen MR) is 128 cm³/mol. The maximum Gasteiger partial charge on any atom is 0.265 e. The number of para-hydroxylation sites is 1. The van der Waals surface area contributed by atoms with Gasteiger partial charge in [0.1, 0.15) is 23.4 Å². The molecule has 0 fully saturated rings. The Morgan fingerprint density at radius 3 is 2.63 bits per heavy atom. The number of nitrogens with zero attached hydrogens (tertiary/aromatic N) is 1. The zero-order valence-electron chi connectivity index (χ0n) is 18.8. The molecule has 0 spiro atoms. The fourth-order valence-corrected chi connectivity index (χ4v) is 3.80. The molecule has 1 aliphatic rings. The molecule has 0 radical (unpaired) electrons. The van der Waals surface area contributed by atoms with Crippen molar-refractivity contribution >= 4 is 34.9 Å². The number of Topliss-reactive ketones (excluding diaryl/α,β-unsaturated/α-hetero) is 1. The van der Waals surface area contributed by atoms with Crippen molar-refractivity contribution in [2.75, 3.05) is 18.1 Å². The fraction of sp³-hybridized carbons (Fsp3) is 0.192. The van der Waals surface area contributed by atoms with Crippen molar-refractivity contribution in [3.05, 3.63) is 88.7 Å². The van der Waals surface area contributed by atoms with Gasteiger partial charge in [-0.05, 0) is 55.0 Å². The number of rotatable bonds is 8. The van der Waals surface area contributed by atoms with E-state index in [1.54, 1.807) is 55.5 Å². The Kier molecular flexibility index (Phi) is 7.31. The normalized spacial score (nSPS) is 13.5. The Morgan fingerprint density at radius 1 is 1.14 bits per heavy atom. The highest BCUT2D eigenvalue weighted by molar-refractivity contribution is 6.32. The van der Waals surface area contributed by atoms with Gasteiger partial charge in [0.05, 0.1) is 10.7 Å².